The van der Waals surface area contributed by atoms with Gasteiger partial charge in [-0.2, -0.15) is 0 Å². The number of ether oxygens (including phenoxy) is 2. The van der Waals surface area contributed by atoms with Gasteiger partial charge in [0.15, 0.2) is 0 Å². The Hall–Kier alpha value is -2.45. The largest absolute Gasteiger partial charge is 0.489 e. The molecule has 0 aromatic heterocycles. The van der Waals surface area contributed by atoms with Crippen LogP contribution in [0.5, 0.6) is 5.75 Å². The van der Waals surface area contributed by atoms with Crippen LogP contribution in [-0.4, -0.2) is 60.6 Å². The van der Waals surface area contributed by atoms with Crippen LogP contribution in [0.2, 0.25) is 0 Å². The molecule has 2 aliphatic carbocycles. The second kappa shape index (κ2) is 10.0. The van der Waals surface area contributed by atoms with Gasteiger partial charge in [0.25, 0.3) is 5.91 Å². The molecule has 2 aliphatic heterocycles. The van der Waals surface area contributed by atoms with E-state index in [0.717, 1.165) is 50.0 Å². The van der Waals surface area contributed by atoms with Gasteiger partial charge in [0.05, 0.1) is 6.10 Å². The summed E-state index contributed by atoms with van der Waals surface area (Å²) in [5.41, 5.74) is 1.49. The van der Waals surface area contributed by atoms with E-state index in [0.29, 0.717) is 36.6 Å². The van der Waals surface area contributed by atoms with Crippen molar-refractivity contribution in [1.82, 2.24) is 15.5 Å². The zero-order valence-electron chi connectivity index (χ0n) is 19.9. The third kappa shape index (κ3) is 4.84. The average molecular weight is 470 g/mol. The van der Waals surface area contributed by atoms with Gasteiger partial charge in [0, 0.05) is 31.7 Å². The fraction of sp³-hybridized carbons (Fsp3) is 0.654. The summed E-state index contributed by atoms with van der Waals surface area (Å²) in [5, 5.41) is 6.12. The first-order chi connectivity index (χ1) is 16.5. The molecule has 3 atom stereocenters. The van der Waals surface area contributed by atoms with Crippen LogP contribution in [0.4, 0.5) is 0 Å². The molecule has 0 radical (unpaired) electrons. The molecule has 0 bridgehead atoms. The smallest absolute Gasteiger partial charge is 0.255 e. The first-order valence-corrected chi connectivity index (χ1v) is 12.7. The number of amides is 3. The second-order valence-corrected chi connectivity index (χ2v) is 10.2. The molecule has 4 aliphatic rings. The highest BCUT2D eigenvalue weighted by Crippen LogP contribution is 2.32. The van der Waals surface area contributed by atoms with Gasteiger partial charge in [-0.25, -0.2) is 0 Å². The van der Waals surface area contributed by atoms with E-state index in [2.05, 4.69) is 10.6 Å². The number of fused-ring (bicyclic) bond motifs is 1. The van der Waals surface area contributed by atoms with Crippen molar-refractivity contribution in [3.63, 3.8) is 0 Å². The van der Waals surface area contributed by atoms with Gasteiger partial charge in [0.1, 0.15) is 17.9 Å². The highest BCUT2D eigenvalue weighted by molar-refractivity contribution is 6.05. The molecular formula is C26H35N3O5. The molecule has 34 heavy (non-hydrogen) atoms. The maximum Gasteiger partial charge on any atom is 0.255 e. The summed E-state index contributed by atoms with van der Waals surface area (Å²) in [5.74, 6) is 0.667. The molecule has 1 saturated heterocycles. The van der Waals surface area contributed by atoms with Crippen molar-refractivity contribution in [2.24, 2.45) is 5.92 Å². The molecule has 3 amide bonds. The second-order valence-electron chi connectivity index (χ2n) is 10.2. The van der Waals surface area contributed by atoms with Gasteiger partial charge in [0.2, 0.25) is 11.8 Å². The molecule has 5 rings (SSSR count). The quantitative estimate of drug-likeness (QED) is 0.596. The molecule has 2 N–H and O–H groups in total. The van der Waals surface area contributed by atoms with E-state index in [9.17, 15) is 14.4 Å². The number of nitrogens with one attached hydrogen (secondary N) is 2. The monoisotopic (exact) mass is 469 g/mol. The van der Waals surface area contributed by atoms with E-state index in [4.69, 9.17) is 9.47 Å². The normalized spacial score (nSPS) is 31.5. The maximum atomic E-state index is 12.9. The van der Waals surface area contributed by atoms with E-state index in [1.807, 2.05) is 25.3 Å². The number of carbonyl (C=O) groups excluding carboxylic acids is 3. The number of hydrogen-bond donors (Lipinski definition) is 2. The van der Waals surface area contributed by atoms with Crippen molar-refractivity contribution in [3.05, 3.63) is 29.3 Å². The number of carbonyl (C=O) groups is 3. The molecule has 2 saturated carbocycles. The number of benzene rings is 1. The van der Waals surface area contributed by atoms with Gasteiger partial charge in [-0.05, 0) is 87.6 Å². The third-order valence-electron chi connectivity index (χ3n) is 8.03. The molecule has 0 spiro atoms. The zero-order chi connectivity index (χ0) is 23.7. The SMILES string of the molecule is COC1CCC(CN[C@@H]2CCC[C@H]2Oc2ccc3c(c2)CN(C2CCC(=O)NC2=O)C3=O)CC1. The number of imide groups is 1. The Balaban J connectivity index is 1.17. The molecule has 184 valence electrons. The number of methoxy groups -OCH3 is 1. The van der Waals surface area contributed by atoms with Crippen LogP contribution in [0.25, 0.3) is 0 Å². The minimum absolute atomic E-state index is 0.122. The first kappa shape index (κ1) is 23.3. The predicted octanol–water partition coefficient (Wildman–Crippen LogP) is 2.54. The number of piperidine rings is 1. The van der Waals surface area contributed by atoms with Crippen LogP contribution in [0.1, 0.15) is 73.7 Å². The fourth-order valence-electron chi connectivity index (χ4n) is 5.99. The third-order valence-corrected chi connectivity index (χ3v) is 8.03. The number of hydrogen-bond acceptors (Lipinski definition) is 6. The molecule has 3 fully saturated rings. The predicted molar refractivity (Wildman–Crippen MR) is 125 cm³/mol. The van der Waals surface area contributed by atoms with Crippen molar-refractivity contribution in [3.8, 4) is 5.75 Å². The summed E-state index contributed by atoms with van der Waals surface area (Å²) < 4.78 is 11.9. The van der Waals surface area contributed by atoms with Crippen molar-refractivity contribution in [2.75, 3.05) is 13.7 Å². The average Bonchev–Trinajstić information content (AvgIpc) is 3.41. The highest BCUT2D eigenvalue weighted by Gasteiger charge is 2.39. The van der Waals surface area contributed by atoms with Crippen LogP contribution in [0.15, 0.2) is 18.2 Å². The van der Waals surface area contributed by atoms with Gasteiger partial charge >= 0.3 is 0 Å². The minimum Gasteiger partial charge on any atom is -0.489 e. The van der Waals surface area contributed by atoms with E-state index in [1.54, 1.807) is 4.90 Å². The summed E-state index contributed by atoms with van der Waals surface area (Å²) in [6.45, 7) is 1.40. The Morgan fingerprint density at radius 1 is 1.06 bits per heavy atom. The van der Waals surface area contributed by atoms with Gasteiger partial charge in [-0.15, -0.1) is 0 Å². The highest BCUT2D eigenvalue weighted by atomic mass is 16.5. The van der Waals surface area contributed by atoms with Crippen LogP contribution in [0, 0.1) is 5.92 Å². The number of nitrogens with zero attached hydrogens (tertiary/aromatic N) is 1. The Morgan fingerprint density at radius 2 is 1.88 bits per heavy atom. The lowest BCUT2D eigenvalue weighted by Gasteiger charge is -2.30. The van der Waals surface area contributed by atoms with E-state index >= 15 is 0 Å². The van der Waals surface area contributed by atoms with Crippen molar-refractivity contribution in [2.45, 2.75) is 88.6 Å². The molecule has 1 unspecified atom stereocenters. The molecule has 1 aromatic carbocycles. The Morgan fingerprint density at radius 3 is 2.65 bits per heavy atom. The summed E-state index contributed by atoms with van der Waals surface area (Å²) >= 11 is 0. The van der Waals surface area contributed by atoms with Crippen LogP contribution in [-0.2, 0) is 20.9 Å². The van der Waals surface area contributed by atoms with Crippen molar-refractivity contribution < 1.29 is 23.9 Å². The lowest BCUT2D eigenvalue weighted by molar-refractivity contribution is -0.136. The topological polar surface area (TPSA) is 97.0 Å². The lowest BCUT2D eigenvalue weighted by Crippen LogP contribution is -2.52. The number of rotatable bonds is 7. The lowest BCUT2D eigenvalue weighted by atomic mass is 9.87. The Labute approximate surface area is 200 Å². The molecule has 1 aromatic rings. The van der Waals surface area contributed by atoms with Crippen LogP contribution < -0.4 is 15.4 Å². The molecule has 2 heterocycles. The zero-order valence-corrected chi connectivity index (χ0v) is 19.9. The standard InChI is InChI=1S/C26H35N3O5/c1-33-18-7-5-16(6-8-18)14-27-21-3-2-4-23(21)34-19-9-10-20-17(13-19)15-29(26(20)32)22-11-12-24(30)28-25(22)31/h9-10,13,16,18,21-23,27H,2-8,11-12,14-15H2,1H3,(H,28,30,31)/t16?,18?,21-,22?,23-/m1/s1. The Bertz CT molecular complexity index is 942. The molecular weight excluding hydrogens is 434 g/mol. The summed E-state index contributed by atoms with van der Waals surface area (Å²) in [6, 6.07) is 5.37. The van der Waals surface area contributed by atoms with Crippen LogP contribution >= 0.6 is 0 Å². The summed E-state index contributed by atoms with van der Waals surface area (Å²) in [6.07, 6.45) is 9.19. The van der Waals surface area contributed by atoms with Crippen LogP contribution in [0.3, 0.4) is 0 Å². The van der Waals surface area contributed by atoms with Gasteiger partial charge in [-0.1, -0.05) is 0 Å². The van der Waals surface area contributed by atoms with Crippen molar-refractivity contribution >= 4 is 17.7 Å². The van der Waals surface area contributed by atoms with Crippen molar-refractivity contribution in [1.29, 1.82) is 0 Å². The molecule has 8 heteroatoms. The Kier molecular flexibility index (Phi) is 6.88. The van der Waals surface area contributed by atoms with Gasteiger partial charge < -0.3 is 19.7 Å². The van der Waals surface area contributed by atoms with E-state index in [1.165, 1.54) is 12.8 Å². The fourth-order valence-corrected chi connectivity index (χ4v) is 5.99. The minimum atomic E-state index is -0.593. The maximum absolute atomic E-state index is 12.9. The van der Waals surface area contributed by atoms with Gasteiger partial charge in [-0.3, -0.25) is 19.7 Å². The van der Waals surface area contributed by atoms with E-state index < -0.39 is 6.04 Å². The molecule has 8 nitrogen and oxygen atoms in total. The summed E-state index contributed by atoms with van der Waals surface area (Å²) in [4.78, 5) is 38.2. The summed E-state index contributed by atoms with van der Waals surface area (Å²) in [7, 11) is 1.81. The van der Waals surface area contributed by atoms with E-state index in [-0.39, 0.29) is 30.2 Å². The first-order valence-electron chi connectivity index (χ1n) is 12.7.